The predicted octanol–water partition coefficient (Wildman–Crippen LogP) is 3.78. The van der Waals surface area contributed by atoms with Crippen molar-refractivity contribution in [1.29, 1.82) is 0 Å². The van der Waals surface area contributed by atoms with Gasteiger partial charge in [-0.2, -0.15) is 4.72 Å². The first-order valence-corrected chi connectivity index (χ1v) is 10.3. The van der Waals surface area contributed by atoms with Gasteiger partial charge in [-0.15, -0.1) is 0 Å². The van der Waals surface area contributed by atoms with Crippen molar-refractivity contribution in [3.63, 3.8) is 0 Å². The number of halogens is 1. The van der Waals surface area contributed by atoms with Crippen LogP contribution in [0.2, 0.25) is 5.02 Å². The number of carbonyl (C=O) groups is 1. The molecule has 0 radical (unpaired) electrons. The van der Waals surface area contributed by atoms with Crippen molar-refractivity contribution in [3.8, 4) is 5.75 Å². The van der Waals surface area contributed by atoms with Crippen molar-refractivity contribution >= 4 is 33.2 Å². The molecule has 2 aromatic rings. The minimum absolute atomic E-state index is 0.0470. The zero-order chi connectivity index (χ0) is 20.2. The van der Waals surface area contributed by atoms with Crippen LogP contribution in [0.15, 0.2) is 47.4 Å². The van der Waals surface area contributed by atoms with Gasteiger partial charge in [-0.1, -0.05) is 37.6 Å². The fraction of sp³-hybridized carbons (Fsp3) is 0.316. The van der Waals surface area contributed by atoms with Crippen LogP contribution in [0, 0.1) is 0 Å². The number of ether oxygens (including phenoxy) is 1. The maximum absolute atomic E-state index is 12.5. The van der Waals surface area contributed by atoms with Crippen molar-refractivity contribution in [2.24, 2.45) is 0 Å². The molecule has 2 aromatic carbocycles. The van der Waals surface area contributed by atoms with Crippen LogP contribution in [-0.2, 0) is 14.8 Å². The molecule has 0 heterocycles. The second-order valence-corrected chi connectivity index (χ2v) is 8.53. The maximum atomic E-state index is 12.5. The van der Waals surface area contributed by atoms with E-state index >= 15 is 0 Å². The van der Waals surface area contributed by atoms with E-state index in [0.717, 1.165) is 5.56 Å². The average molecular weight is 411 g/mol. The van der Waals surface area contributed by atoms with Crippen LogP contribution in [-0.4, -0.2) is 27.5 Å². The van der Waals surface area contributed by atoms with Crippen LogP contribution >= 0.6 is 11.6 Å². The standard InChI is InChI=1S/C19H23ClN2O4S/c1-12(2)14-5-7-15(8-6-14)21-19(23)13(3)22-27(24,25)16-9-10-18(26-4)17(20)11-16/h5-13,22H,1-4H3,(H,21,23)/t13-/m1/s1. The number of hydrogen-bond acceptors (Lipinski definition) is 4. The number of rotatable bonds is 7. The number of anilines is 1. The van der Waals surface area contributed by atoms with E-state index in [1.54, 1.807) is 12.1 Å². The van der Waals surface area contributed by atoms with Gasteiger partial charge >= 0.3 is 0 Å². The summed E-state index contributed by atoms with van der Waals surface area (Å²) in [5.74, 6) is 0.290. The largest absolute Gasteiger partial charge is 0.495 e. The van der Waals surface area contributed by atoms with E-state index in [1.807, 2.05) is 12.1 Å². The van der Waals surface area contributed by atoms with E-state index in [1.165, 1.54) is 32.2 Å². The van der Waals surface area contributed by atoms with Crippen LogP contribution in [0.3, 0.4) is 0 Å². The van der Waals surface area contributed by atoms with Gasteiger partial charge in [0.1, 0.15) is 5.75 Å². The first kappa shape index (κ1) is 21.2. The molecule has 0 spiro atoms. The van der Waals surface area contributed by atoms with Crippen LogP contribution < -0.4 is 14.8 Å². The Labute approximate surface area is 164 Å². The summed E-state index contributed by atoms with van der Waals surface area (Å²) in [7, 11) is -2.47. The van der Waals surface area contributed by atoms with Crippen LogP contribution in [0.4, 0.5) is 5.69 Å². The molecule has 2 N–H and O–H groups in total. The zero-order valence-corrected chi connectivity index (χ0v) is 17.2. The van der Waals surface area contributed by atoms with E-state index in [9.17, 15) is 13.2 Å². The molecule has 6 nitrogen and oxygen atoms in total. The van der Waals surface area contributed by atoms with Crippen LogP contribution in [0.5, 0.6) is 5.75 Å². The molecule has 146 valence electrons. The summed E-state index contributed by atoms with van der Waals surface area (Å²) >= 11 is 5.98. The average Bonchev–Trinajstić information content (AvgIpc) is 2.61. The number of hydrogen-bond donors (Lipinski definition) is 2. The Morgan fingerprint density at radius 1 is 1.07 bits per heavy atom. The Morgan fingerprint density at radius 2 is 1.70 bits per heavy atom. The smallest absolute Gasteiger partial charge is 0.242 e. The predicted molar refractivity (Wildman–Crippen MR) is 107 cm³/mol. The van der Waals surface area contributed by atoms with Gasteiger partial charge in [0, 0.05) is 5.69 Å². The van der Waals surface area contributed by atoms with Gasteiger partial charge < -0.3 is 10.1 Å². The molecule has 2 rings (SSSR count). The number of methoxy groups -OCH3 is 1. The third-order valence-electron chi connectivity index (χ3n) is 4.00. The van der Waals surface area contributed by atoms with Gasteiger partial charge in [0.15, 0.2) is 0 Å². The Kier molecular flexibility index (Phi) is 6.86. The number of benzene rings is 2. The summed E-state index contributed by atoms with van der Waals surface area (Å²) in [5, 5.41) is 2.87. The Bertz CT molecular complexity index is 912. The van der Waals surface area contributed by atoms with Crippen molar-refractivity contribution in [3.05, 3.63) is 53.1 Å². The lowest BCUT2D eigenvalue weighted by Gasteiger charge is -2.15. The fourth-order valence-electron chi connectivity index (χ4n) is 2.37. The molecule has 0 fully saturated rings. The van der Waals surface area contributed by atoms with Crippen molar-refractivity contribution < 1.29 is 17.9 Å². The Balaban J connectivity index is 2.07. The second-order valence-electron chi connectivity index (χ2n) is 6.41. The second kappa shape index (κ2) is 8.73. The van der Waals surface area contributed by atoms with E-state index in [4.69, 9.17) is 16.3 Å². The summed E-state index contributed by atoms with van der Waals surface area (Å²) < 4.78 is 32.3. The third-order valence-corrected chi connectivity index (χ3v) is 5.84. The van der Waals surface area contributed by atoms with Gasteiger partial charge in [-0.25, -0.2) is 8.42 Å². The first-order chi connectivity index (χ1) is 12.6. The number of nitrogens with one attached hydrogen (secondary N) is 2. The monoisotopic (exact) mass is 410 g/mol. The molecule has 0 aliphatic carbocycles. The van der Waals surface area contributed by atoms with E-state index in [-0.39, 0.29) is 9.92 Å². The van der Waals surface area contributed by atoms with E-state index in [2.05, 4.69) is 23.9 Å². The number of carbonyl (C=O) groups excluding carboxylic acids is 1. The minimum atomic E-state index is -3.91. The highest BCUT2D eigenvalue weighted by Gasteiger charge is 2.23. The highest BCUT2D eigenvalue weighted by atomic mass is 35.5. The minimum Gasteiger partial charge on any atom is -0.495 e. The molecule has 0 aliphatic heterocycles. The summed E-state index contributed by atoms with van der Waals surface area (Å²) in [4.78, 5) is 12.3. The first-order valence-electron chi connectivity index (χ1n) is 8.40. The molecule has 0 saturated carbocycles. The maximum Gasteiger partial charge on any atom is 0.242 e. The van der Waals surface area contributed by atoms with Crippen molar-refractivity contribution in [2.75, 3.05) is 12.4 Å². The normalized spacial score (nSPS) is 12.7. The molecular formula is C19H23ClN2O4S. The quantitative estimate of drug-likeness (QED) is 0.727. The molecule has 0 aliphatic rings. The molecule has 0 unspecified atom stereocenters. The van der Waals surface area contributed by atoms with Gasteiger partial charge in [-0.05, 0) is 48.7 Å². The topological polar surface area (TPSA) is 84.5 Å². The lowest BCUT2D eigenvalue weighted by Crippen LogP contribution is -2.41. The van der Waals surface area contributed by atoms with Crippen molar-refractivity contribution in [1.82, 2.24) is 4.72 Å². The fourth-order valence-corrected chi connectivity index (χ4v) is 3.92. The molecule has 1 atom stereocenters. The third kappa shape index (κ3) is 5.45. The van der Waals surface area contributed by atoms with Crippen LogP contribution in [0.1, 0.15) is 32.3 Å². The highest BCUT2D eigenvalue weighted by molar-refractivity contribution is 7.89. The molecule has 8 heteroatoms. The summed E-state index contributed by atoms with van der Waals surface area (Å²) in [6.45, 7) is 5.63. The van der Waals surface area contributed by atoms with Gasteiger partial charge in [0.05, 0.1) is 23.1 Å². The molecule has 1 amide bonds. The summed E-state index contributed by atoms with van der Waals surface area (Å²) in [6.07, 6.45) is 0. The van der Waals surface area contributed by atoms with Crippen molar-refractivity contribution in [2.45, 2.75) is 37.6 Å². The Hall–Kier alpha value is -2.09. The van der Waals surface area contributed by atoms with Crippen LogP contribution in [0.25, 0.3) is 0 Å². The zero-order valence-electron chi connectivity index (χ0n) is 15.6. The van der Waals surface area contributed by atoms with Gasteiger partial charge in [-0.3, -0.25) is 4.79 Å². The lowest BCUT2D eigenvalue weighted by atomic mass is 10.0. The lowest BCUT2D eigenvalue weighted by molar-refractivity contribution is -0.117. The number of sulfonamides is 1. The van der Waals surface area contributed by atoms with E-state index in [0.29, 0.717) is 17.4 Å². The van der Waals surface area contributed by atoms with Gasteiger partial charge in [0.2, 0.25) is 15.9 Å². The molecule has 0 bridgehead atoms. The highest BCUT2D eigenvalue weighted by Crippen LogP contribution is 2.27. The summed E-state index contributed by atoms with van der Waals surface area (Å²) in [5.41, 5.74) is 1.75. The van der Waals surface area contributed by atoms with Gasteiger partial charge in [0.25, 0.3) is 0 Å². The molecular weight excluding hydrogens is 388 g/mol. The SMILES string of the molecule is COc1ccc(S(=O)(=O)N[C@H](C)C(=O)Nc2ccc(C(C)C)cc2)cc1Cl. The molecule has 0 saturated heterocycles. The van der Waals surface area contributed by atoms with E-state index < -0.39 is 22.0 Å². The Morgan fingerprint density at radius 3 is 2.22 bits per heavy atom. The molecule has 27 heavy (non-hydrogen) atoms. The molecule has 0 aromatic heterocycles. The summed E-state index contributed by atoms with van der Waals surface area (Å²) in [6, 6.07) is 10.6. The number of amides is 1.